The van der Waals surface area contributed by atoms with Crippen molar-refractivity contribution in [2.45, 2.75) is 44.6 Å². The van der Waals surface area contributed by atoms with Gasteiger partial charge in [-0.05, 0) is 56.4 Å². The second-order valence-electron chi connectivity index (χ2n) is 8.12. The van der Waals surface area contributed by atoms with Gasteiger partial charge in [-0.25, -0.2) is 13.8 Å². The summed E-state index contributed by atoms with van der Waals surface area (Å²) in [5.41, 5.74) is 1.32. The summed E-state index contributed by atoms with van der Waals surface area (Å²) in [6, 6.07) is 5.74. The largest absolute Gasteiger partial charge is 0.492 e. The van der Waals surface area contributed by atoms with Gasteiger partial charge in [-0.1, -0.05) is 5.10 Å². The van der Waals surface area contributed by atoms with E-state index in [1.807, 2.05) is 0 Å². The summed E-state index contributed by atoms with van der Waals surface area (Å²) in [5, 5.41) is 19.8. The smallest absolute Gasteiger partial charge is 0.320 e. The van der Waals surface area contributed by atoms with E-state index in [0.29, 0.717) is 49.9 Å². The normalized spacial score (nSPS) is 20.4. The first-order valence-electron chi connectivity index (χ1n) is 10.7. The van der Waals surface area contributed by atoms with E-state index in [-0.39, 0.29) is 47.0 Å². The van der Waals surface area contributed by atoms with Crippen molar-refractivity contribution in [1.29, 1.82) is 0 Å². The molecule has 2 aromatic heterocycles. The Hall–Kier alpha value is -3.76. The van der Waals surface area contributed by atoms with Crippen LogP contribution in [0.25, 0.3) is 17.5 Å². The van der Waals surface area contributed by atoms with Crippen molar-refractivity contribution in [1.82, 2.24) is 20.2 Å². The van der Waals surface area contributed by atoms with Gasteiger partial charge in [-0.15, -0.1) is 5.10 Å². The Labute approximate surface area is 186 Å². The zero-order valence-electron chi connectivity index (χ0n) is 17.5. The molecule has 1 saturated carbocycles. The summed E-state index contributed by atoms with van der Waals surface area (Å²) in [7, 11) is 0. The number of benzene rings is 1. The monoisotopic (exact) mass is 457 g/mol. The standard InChI is InChI=1S/C22H21F2N5O4/c23-12-3-5-13(6-4-12)25-22-29-28-20(33-22)19-26-15-9-10-16(17(24)18(15)27-19)32-14-7-1-11(2-8-14)21(30)31/h3-6,11,14H,1-2,7-10H2,(H,25,29)(H,26,27)(H,30,31). The van der Waals surface area contributed by atoms with Gasteiger partial charge in [0.2, 0.25) is 0 Å². The number of aryl methyl sites for hydroxylation is 1. The van der Waals surface area contributed by atoms with Gasteiger partial charge in [0, 0.05) is 17.8 Å². The molecule has 33 heavy (non-hydrogen) atoms. The Kier molecular flexibility index (Phi) is 5.53. The predicted octanol–water partition coefficient (Wildman–Crippen LogP) is 4.59. The molecule has 3 N–H and O–H groups in total. The van der Waals surface area contributed by atoms with Crippen molar-refractivity contribution in [3.8, 4) is 11.7 Å². The van der Waals surface area contributed by atoms with E-state index in [9.17, 15) is 9.18 Å². The van der Waals surface area contributed by atoms with E-state index in [1.54, 1.807) is 0 Å². The highest BCUT2D eigenvalue weighted by Gasteiger charge is 2.31. The number of hydrogen-bond acceptors (Lipinski definition) is 7. The topological polar surface area (TPSA) is 126 Å². The summed E-state index contributed by atoms with van der Waals surface area (Å²) in [6.07, 6.45) is 2.90. The number of halogens is 2. The minimum Gasteiger partial charge on any atom is -0.492 e. The number of aliphatic carboxylic acids is 1. The number of carbonyl (C=O) groups is 1. The van der Waals surface area contributed by atoms with Gasteiger partial charge in [0.25, 0.3) is 5.89 Å². The van der Waals surface area contributed by atoms with Crippen molar-refractivity contribution in [2.75, 3.05) is 5.32 Å². The lowest BCUT2D eigenvalue weighted by atomic mass is 9.87. The number of nitrogens with one attached hydrogen (secondary N) is 2. The van der Waals surface area contributed by atoms with Crippen molar-refractivity contribution in [3.05, 3.63) is 47.2 Å². The molecule has 0 aliphatic heterocycles. The molecule has 0 bridgehead atoms. The molecule has 0 saturated heterocycles. The van der Waals surface area contributed by atoms with E-state index >= 15 is 4.39 Å². The first-order chi connectivity index (χ1) is 16.0. The predicted molar refractivity (Wildman–Crippen MR) is 112 cm³/mol. The third kappa shape index (κ3) is 4.43. The fourth-order valence-corrected chi connectivity index (χ4v) is 4.12. The van der Waals surface area contributed by atoms with Crippen LogP contribution in [0.4, 0.5) is 20.5 Å². The van der Waals surface area contributed by atoms with E-state index in [0.717, 1.165) is 0 Å². The van der Waals surface area contributed by atoms with Crippen molar-refractivity contribution >= 4 is 23.5 Å². The molecule has 2 aliphatic rings. The molecule has 9 nitrogen and oxygen atoms in total. The summed E-state index contributed by atoms with van der Waals surface area (Å²) in [6.45, 7) is 0. The third-order valence-electron chi connectivity index (χ3n) is 5.89. The highest BCUT2D eigenvalue weighted by molar-refractivity contribution is 5.70. The van der Waals surface area contributed by atoms with E-state index in [2.05, 4.69) is 25.5 Å². The number of carboxylic acid groups (broad SMARTS) is 1. The number of anilines is 2. The number of nitrogens with zero attached hydrogens (tertiary/aromatic N) is 3. The van der Waals surface area contributed by atoms with E-state index < -0.39 is 11.8 Å². The molecule has 3 aromatic rings. The molecule has 2 aliphatic carbocycles. The summed E-state index contributed by atoms with van der Waals surface area (Å²) < 4.78 is 39.6. The first-order valence-corrected chi connectivity index (χ1v) is 10.7. The zero-order valence-corrected chi connectivity index (χ0v) is 17.5. The average molecular weight is 457 g/mol. The van der Waals surface area contributed by atoms with Crippen molar-refractivity contribution < 1.29 is 27.8 Å². The van der Waals surface area contributed by atoms with Crippen molar-refractivity contribution in [3.63, 3.8) is 0 Å². The molecule has 0 amide bonds. The number of aromatic amines is 1. The van der Waals surface area contributed by atoms with Crippen LogP contribution in [0, 0.1) is 11.7 Å². The average Bonchev–Trinajstić information content (AvgIpc) is 3.45. The Balaban J connectivity index is 1.28. The molecular weight excluding hydrogens is 436 g/mol. The lowest BCUT2D eigenvalue weighted by Gasteiger charge is -2.28. The lowest BCUT2D eigenvalue weighted by Crippen LogP contribution is -2.26. The van der Waals surface area contributed by atoms with Crippen LogP contribution in [0.5, 0.6) is 0 Å². The van der Waals surface area contributed by atoms with Crippen LogP contribution in [0.15, 0.2) is 34.4 Å². The maximum atomic E-state index is 15.1. The summed E-state index contributed by atoms with van der Waals surface area (Å²) in [4.78, 5) is 18.4. The van der Waals surface area contributed by atoms with E-state index in [1.165, 1.54) is 24.3 Å². The Morgan fingerprint density at radius 1 is 1.12 bits per heavy atom. The molecule has 5 rings (SSSR count). The molecule has 0 atom stereocenters. The lowest BCUT2D eigenvalue weighted by molar-refractivity contribution is -0.143. The summed E-state index contributed by atoms with van der Waals surface area (Å²) >= 11 is 0. The van der Waals surface area contributed by atoms with Crippen LogP contribution in [0.3, 0.4) is 0 Å². The molecule has 172 valence electrons. The molecule has 1 fully saturated rings. The van der Waals surface area contributed by atoms with Crippen LogP contribution in [-0.4, -0.2) is 37.3 Å². The molecule has 1 aromatic carbocycles. The Bertz CT molecular complexity index is 1200. The molecule has 0 unspecified atom stereocenters. The van der Waals surface area contributed by atoms with Gasteiger partial charge in [0.05, 0.1) is 12.0 Å². The minimum absolute atomic E-state index is 0.0799. The number of hydrogen-bond donors (Lipinski definition) is 3. The number of fused-ring (bicyclic) bond motifs is 1. The van der Waals surface area contributed by atoms with Gasteiger partial charge in [0.1, 0.15) is 17.3 Å². The molecule has 0 radical (unpaired) electrons. The number of rotatable bonds is 6. The highest BCUT2D eigenvalue weighted by Crippen LogP contribution is 2.36. The van der Waals surface area contributed by atoms with Crippen LogP contribution < -0.4 is 5.32 Å². The summed E-state index contributed by atoms with van der Waals surface area (Å²) in [5.74, 6) is -1.49. The maximum Gasteiger partial charge on any atom is 0.320 e. The fourth-order valence-electron chi connectivity index (χ4n) is 4.12. The maximum absolute atomic E-state index is 15.1. The number of allylic oxidation sites excluding steroid dienone is 1. The van der Waals surface area contributed by atoms with Crippen LogP contribution in [0.2, 0.25) is 0 Å². The van der Waals surface area contributed by atoms with Crippen LogP contribution in [-0.2, 0) is 16.0 Å². The highest BCUT2D eigenvalue weighted by atomic mass is 19.1. The molecular formula is C22H21F2N5O4. The third-order valence-corrected chi connectivity index (χ3v) is 5.89. The first kappa shape index (κ1) is 21.1. The van der Waals surface area contributed by atoms with Crippen LogP contribution >= 0.6 is 0 Å². The van der Waals surface area contributed by atoms with E-state index in [4.69, 9.17) is 14.3 Å². The van der Waals surface area contributed by atoms with Gasteiger partial charge in [-0.3, -0.25) is 4.79 Å². The number of ether oxygens (including phenoxy) is 1. The SMILES string of the molecule is O=C(O)C1CCC(OC2=C(F)c3nc(-c4nnc(Nc5ccc(F)cc5)o4)[nH]c3CC2)CC1. The Morgan fingerprint density at radius 2 is 1.88 bits per heavy atom. The van der Waals surface area contributed by atoms with Gasteiger partial charge in [-0.2, -0.15) is 0 Å². The zero-order chi connectivity index (χ0) is 22.9. The molecule has 2 heterocycles. The fraction of sp³-hybridized carbons (Fsp3) is 0.364. The number of imidazole rings is 1. The van der Waals surface area contributed by atoms with Gasteiger partial charge < -0.3 is 24.6 Å². The second-order valence-corrected chi connectivity index (χ2v) is 8.12. The quantitative estimate of drug-likeness (QED) is 0.491. The minimum atomic E-state index is -0.790. The number of H-pyrrole nitrogens is 1. The molecule has 0 spiro atoms. The number of carboxylic acids is 1. The molecule has 11 heteroatoms. The van der Waals surface area contributed by atoms with Crippen molar-refractivity contribution in [2.24, 2.45) is 5.92 Å². The number of aromatic nitrogens is 4. The van der Waals surface area contributed by atoms with Gasteiger partial charge >= 0.3 is 12.0 Å². The van der Waals surface area contributed by atoms with Crippen LogP contribution in [0.1, 0.15) is 43.5 Å². The van der Waals surface area contributed by atoms with Gasteiger partial charge in [0.15, 0.2) is 11.7 Å². The Morgan fingerprint density at radius 3 is 2.61 bits per heavy atom. The second kappa shape index (κ2) is 8.64.